The molecule has 1 aliphatic rings. The smallest absolute Gasteiger partial charge is 0.244 e. The lowest BCUT2D eigenvalue weighted by Gasteiger charge is -2.37. The molecule has 1 fully saturated rings. The number of aryl methyl sites for hydroxylation is 2. The average Bonchev–Trinajstić information content (AvgIpc) is 3.10. The summed E-state index contributed by atoms with van der Waals surface area (Å²) in [7, 11) is -1.89. The van der Waals surface area contributed by atoms with Crippen molar-refractivity contribution < 1.29 is 13.5 Å². The van der Waals surface area contributed by atoms with Crippen molar-refractivity contribution in [3.05, 3.63) is 30.4 Å². The Morgan fingerprint density at radius 1 is 1.35 bits per heavy atom. The zero-order valence-electron chi connectivity index (χ0n) is 13.1. The molecule has 1 unspecified atom stereocenters. The first-order valence-corrected chi connectivity index (χ1v) is 9.08. The minimum absolute atomic E-state index is 0.0604. The van der Waals surface area contributed by atoms with Crippen LogP contribution in [0.4, 0.5) is 0 Å². The van der Waals surface area contributed by atoms with Gasteiger partial charge in [0.2, 0.25) is 10.0 Å². The fourth-order valence-corrected chi connectivity index (χ4v) is 4.08. The molecule has 3 rings (SSSR count). The highest BCUT2D eigenvalue weighted by Gasteiger charge is 2.38. The molecule has 23 heavy (non-hydrogen) atoms. The first kappa shape index (κ1) is 16.2. The molecule has 0 spiro atoms. The van der Waals surface area contributed by atoms with Crippen molar-refractivity contribution in [1.82, 2.24) is 24.3 Å². The van der Waals surface area contributed by atoms with E-state index in [4.69, 9.17) is 0 Å². The summed E-state index contributed by atoms with van der Waals surface area (Å²) in [6, 6.07) is -0.401. The van der Waals surface area contributed by atoms with Crippen molar-refractivity contribution in [2.75, 3.05) is 0 Å². The van der Waals surface area contributed by atoms with Crippen LogP contribution < -0.4 is 4.72 Å². The van der Waals surface area contributed by atoms with Gasteiger partial charge in [0.15, 0.2) is 0 Å². The topological polar surface area (TPSA) is 102 Å². The lowest BCUT2D eigenvalue weighted by atomic mass is 9.76. The third-order valence-electron chi connectivity index (χ3n) is 4.23. The van der Waals surface area contributed by atoms with E-state index in [1.54, 1.807) is 28.8 Å². The van der Waals surface area contributed by atoms with E-state index >= 15 is 0 Å². The number of aliphatic hydroxyl groups is 1. The van der Waals surface area contributed by atoms with Crippen molar-refractivity contribution in [2.45, 2.75) is 43.4 Å². The Morgan fingerprint density at radius 3 is 2.61 bits per heavy atom. The van der Waals surface area contributed by atoms with Gasteiger partial charge in [-0.2, -0.15) is 10.2 Å². The molecule has 0 amide bonds. The van der Waals surface area contributed by atoms with E-state index in [0.29, 0.717) is 19.4 Å². The Labute approximate surface area is 135 Å². The van der Waals surface area contributed by atoms with Crippen molar-refractivity contribution in [1.29, 1.82) is 0 Å². The van der Waals surface area contributed by atoms with Crippen molar-refractivity contribution in [3.8, 4) is 0 Å². The van der Waals surface area contributed by atoms with Crippen LogP contribution in [0.2, 0.25) is 0 Å². The Morgan fingerprint density at radius 2 is 2.09 bits per heavy atom. The first-order chi connectivity index (χ1) is 10.9. The summed E-state index contributed by atoms with van der Waals surface area (Å²) in [6.45, 7) is 2.50. The van der Waals surface area contributed by atoms with Gasteiger partial charge in [0.05, 0.1) is 24.5 Å². The van der Waals surface area contributed by atoms with Gasteiger partial charge < -0.3 is 5.11 Å². The van der Waals surface area contributed by atoms with Crippen LogP contribution in [-0.2, 0) is 23.6 Å². The van der Waals surface area contributed by atoms with Crippen LogP contribution in [-0.4, -0.2) is 39.2 Å². The molecule has 2 heterocycles. The van der Waals surface area contributed by atoms with Crippen LogP contribution >= 0.6 is 0 Å². The molecule has 0 aliphatic heterocycles. The van der Waals surface area contributed by atoms with Gasteiger partial charge in [0, 0.05) is 31.5 Å². The third-order valence-corrected chi connectivity index (χ3v) is 5.63. The molecule has 1 atom stereocenters. The number of nitrogens with zero attached hydrogens (tertiary/aromatic N) is 4. The lowest BCUT2D eigenvalue weighted by Crippen LogP contribution is -2.41. The molecular weight excluding hydrogens is 318 g/mol. The quantitative estimate of drug-likeness (QED) is 0.794. The van der Waals surface area contributed by atoms with Gasteiger partial charge in [0.25, 0.3) is 0 Å². The van der Waals surface area contributed by atoms with Crippen LogP contribution in [0.15, 0.2) is 29.7 Å². The standard InChI is InChI=1S/C14H21N5O3S/c1-3-19-9-13(7-16-19)23(21,22)17-14(10-4-12(20)5-10)11-6-15-18(2)8-11/h6-10,12,14,17,20H,3-5H2,1-2H3. The summed E-state index contributed by atoms with van der Waals surface area (Å²) in [5.74, 6) is 0.0604. The highest BCUT2D eigenvalue weighted by Crippen LogP contribution is 2.38. The van der Waals surface area contributed by atoms with Crippen LogP contribution in [0.5, 0.6) is 0 Å². The summed E-state index contributed by atoms with van der Waals surface area (Å²) < 4.78 is 31.2. The molecule has 2 aromatic rings. The van der Waals surface area contributed by atoms with Crippen molar-refractivity contribution >= 4 is 10.0 Å². The van der Waals surface area contributed by atoms with Crippen LogP contribution in [0.3, 0.4) is 0 Å². The second-order valence-corrected chi connectivity index (χ2v) is 7.68. The monoisotopic (exact) mass is 339 g/mol. The second-order valence-electron chi connectivity index (χ2n) is 5.96. The zero-order valence-corrected chi connectivity index (χ0v) is 13.9. The third kappa shape index (κ3) is 3.31. The highest BCUT2D eigenvalue weighted by molar-refractivity contribution is 7.89. The molecule has 2 aromatic heterocycles. The van der Waals surface area contributed by atoms with Gasteiger partial charge in [-0.15, -0.1) is 0 Å². The van der Waals surface area contributed by atoms with E-state index in [9.17, 15) is 13.5 Å². The van der Waals surface area contributed by atoms with Gasteiger partial charge in [0.1, 0.15) is 4.90 Å². The number of hydrogen-bond acceptors (Lipinski definition) is 5. The van der Waals surface area contributed by atoms with Gasteiger partial charge in [-0.25, -0.2) is 13.1 Å². The maximum absolute atomic E-state index is 12.6. The fourth-order valence-electron chi connectivity index (χ4n) is 2.83. The molecule has 2 N–H and O–H groups in total. The fraction of sp³-hybridized carbons (Fsp3) is 0.571. The second kappa shape index (κ2) is 6.06. The summed E-state index contributed by atoms with van der Waals surface area (Å²) in [5.41, 5.74) is 0.802. The molecule has 126 valence electrons. The predicted octanol–water partition coefficient (Wildman–Crippen LogP) is 0.427. The lowest BCUT2D eigenvalue weighted by molar-refractivity contribution is 0.0280. The van der Waals surface area contributed by atoms with E-state index < -0.39 is 16.1 Å². The molecule has 9 heteroatoms. The number of sulfonamides is 1. The molecule has 1 saturated carbocycles. The van der Waals surface area contributed by atoms with Crippen LogP contribution in [0.1, 0.15) is 31.4 Å². The molecule has 8 nitrogen and oxygen atoms in total. The maximum atomic E-state index is 12.6. The molecule has 0 bridgehead atoms. The molecule has 0 saturated heterocycles. The summed E-state index contributed by atoms with van der Waals surface area (Å²) in [5, 5.41) is 17.7. The maximum Gasteiger partial charge on any atom is 0.244 e. The minimum atomic E-state index is -3.68. The van der Waals surface area contributed by atoms with Gasteiger partial charge in [-0.3, -0.25) is 9.36 Å². The molecule has 0 aromatic carbocycles. The highest BCUT2D eigenvalue weighted by atomic mass is 32.2. The number of rotatable bonds is 6. The number of hydrogen-bond donors (Lipinski definition) is 2. The van der Waals surface area contributed by atoms with E-state index in [1.807, 2.05) is 6.92 Å². The SMILES string of the molecule is CCn1cc(S(=O)(=O)NC(c2cnn(C)c2)C2CC(O)C2)cn1. The van der Waals surface area contributed by atoms with Crippen LogP contribution in [0, 0.1) is 5.92 Å². The normalized spacial score (nSPS) is 22.7. The average molecular weight is 339 g/mol. The molecule has 1 aliphatic carbocycles. The van der Waals surface area contributed by atoms with E-state index in [-0.39, 0.29) is 16.9 Å². The van der Waals surface area contributed by atoms with Gasteiger partial charge in [-0.05, 0) is 25.7 Å². The molecule has 0 radical (unpaired) electrons. The van der Waals surface area contributed by atoms with Crippen molar-refractivity contribution in [2.24, 2.45) is 13.0 Å². The predicted molar refractivity (Wildman–Crippen MR) is 82.9 cm³/mol. The van der Waals surface area contributed by atoms with E-state index in [1.165, 1.54) is 12.4 Å². The zero-order chi connectivity index (χ0) is 16.6. The van der Waals surface area contributed by atoms with Gasteiger partial charge >= 0.3 is 0 Å². The Bertz CT molecular complexity index is 776. The summed E-state index contributed by atoms with van der Waals surface area (Å²) in [6.07, 6.45) is 7.12. The van der Waals surface area contributed by atoms with Crippen LogP contribution in [0.25, 0.3) is 0 Å². The Balaban J connectivity index is 1.85. The number of nitrogens with one attached hydrogen (secondary N) is 1. The Kier molecular flexibility index (Phi) is 4.26. The van der Waals surface area contributed by atoms with Crippen molar-refractivity contribution in [3.63, 3.8) is 0 Å². The first-order valence-electron chi connectivity index (χ1n) is 7.60. The van der Waals surface area contributed by atoms with Gasteiger partial charge in [-0.1, -0.05) is 0 Å². The summed E-state index contributed by atoms with van der Waals surface area (Å²) in [4.78, 5) is 0.146. The largest absolute Gasteiger partial charge is 0.393 e. The number of aromatic nitrogens is 4. The van der Waals surface area contributed by atoms with E-state index in [0.717, 1.165) is 5.56 Å². The Hall–Kier alpha value is -1.71. The minimum Gasteiger partial charge on any atom is -0.393 e. The number of aliphatic hydroxyl groups excluding tert-OH is 1. The molecular formula is C14H21N5O3S. The summed E-state index contributed by atoms with van der Waals surface area (Å²) >= 11 is 0. The van der Waals surface area contributed by atoms with E-state index in [2.05, 4.69) is 14.9 Å².